The zero-order chi connectivity index (χ0) is 17.4. The van der Waals surface area contributed by atoms with Gasteiger partial charge in [0.15, 0.2) is 0 Å². The maximum absolute atomic E-state index is 11.3. The third-order valence-electron chi connectivity index (χ3n) is 4.16. The average Bonchev–Trinajstić information content (AvgIpc) is 3.19. The van der Waals surface area contributed by atoms with Gasteiger partial charge in [-0.1, -0.05) is 30.3 Å². The minimum Gasteiger partial charge on any atom is -0.481 e. The van der Waals surface area contributed by atoms with Crippen LogP contribution in [0, 0.1) is 6.92 Å². The molecule has 0 fully saturated rings. The number of carboxylic acid groups (broad SMARTS) is 1. The maximum atomic E-state index is 11.3. The molecule has 0 saturated carbocycles. The molecule has 0 spiro atoms. The van der Waals surface area contributed by atoms with Gasteiger partial charge in [-0.3, -0.25) is 4.79 Å². The summed E-state index contributed by atoms with van der Waals surface area (Å²) in [5, 5.41) is 12.4. The Morgan fingerprint density at radius 2 is 1.96 bits per heavy atom. The smallest absolute Gasteiger partial charge is 0.305 e. The maximum Gasteiger partial charge on any atom is 0.305 e. The monoisotopic (exact) mass is 368 g/mol. The highest BCUT2D eigenvalue weighted by Crippen LogP contribution is 2.48. The van der Waals surface area contributed by atoms with Gasteiger partial charge in [0.05, 0.1) is 23.2 Å². The molecule has 0 saturated heterocycles. The summed E-state index contributed by atoms with van der Waals surface area (Å²) >= 11 is 3.24. The van der Waals surface area contributed by atoms with E-state index in [2.05, 4.69) is 14.7 Å². The predicted octanol–water partition coefficient (Wildman–Crippen LogP) is 5.16. The van der Waals surface area contributed by atoms with E-state index in [0.717, 1.165) is 32.4 Å². The van der Waals surface area contributed by atoms with E-state index in [1.807, 2.05) is 55.5 Å². The summed E-state index contributed by atoms with van der Waals surface area (Å²) in [6, 6.07) is 16.0. The molecule has 2 aromatic carbocycles. The van der Waals surface area contributed by atoms with Gasteiger partial charge in [-0.05, 0) is 42.6 Å². The largest absolute Gasteiger partial charge is 0.481 e. The first-order valence-corrected chi connectivity index (χ1v) is 9.57. The number of benzene rings is 2. The van der Waals surface area contributed by atoms with E-state index >= 15 is 0 Å². The Hall–Kier alpha value is -2.31. The summed E-state index contributed by atoms with van der Waals surface area (Å²) in [7, 11) is 0. The molecule has 1 unspecified atom stereocenters. The van der Waals surface area contributed by atoms with Crippen LogP contribution >= 0.6 is 23.3 Å². The standard InChI is InChI=1S/C19H16N2O2S2/c1-12-20-16(11-24-12)13-6-8-14(9-7-13)21-17(10-19(22)23)15-4-2-3-5-18(15)25-21/h2-9,11,17H,10H2,1H3,(H,22,23). The second-order valence-electron chi connectivity index (χ2n) is 5.87. The molecule has 0 aliphatic carbocycles. The molecule has 1 aliphatic heterocycles. The second-order valence-corrected chi connectivity index (χ2v) is 7.95. The first-order valence-electron chi connectivity index (χ1n) is 7.92. The molecular formula is C19H16N2O2S2. The minimum atomic E-state index is -0.790. The molecular weight excluding hydrogens is 352 g/mol. The van der Waals surface area contributed by atoms with Crippen LogP contribution in [0.4, 0.5) is 5.69 Å². The van der Waals surface area contributed by atoms with Gasteiger partial charge < -0.3 is 9.41 Å². The fourth-order valence-electron chi connectivity index (χ4n) is 3.00. The Labute approximate surface area is 154 Å². The number of anilines is 1. The van der Waals surface area contributed by atoms with Crippen molar-refractivity contribution in [1.29, 1.82) is 0 Å². The van der Waals surface area contributed by atoms with Gasteiger partial charge in [0.25, 0.3) is 0 Å². The van der Waals surface area contributed by atoms with Crippen molar-refractivity contribution >= 4 is 34.9 Å². The van der Waals surface area contributed by atoms with Crippen molar-refractivity contribution in [2.45, 2.75) is 24.3 Å². The molecule has 0 radical (unpaired) electrons. The molecule has 1 aromatic heterocycles. The van der Waals surface area contributed by atoms with Crippen molar-refractivity contribution in [3.05, 3.63) is 64.5 Å². The van der Waals surface area contributed by atoms with E-state index < -0.39 is 5.97 Å². The van der Waals surface area contributed by atoms with Crippen LogP contribution in [0.15, 0.2) is 58.8 Å². The molecule has 4 nitrogen and oxygen atoms in total. The lowest BCUT2D eigenvalue weighted by molar-refractivity contribution is -0.137. The number of aryl methyl sites for hydroxylation is 1. The summed E-state index contributed by atoms with van der Waals surface area (Å²) in [6.45, 7) is 2.00. The van der Waals surface area contributed by atoms with Gasteiger partial charge in [-0.25, -0.2) is 4.98 Å². The lowest BCUT2D eigenvalue weighted by Gasteiger charge is -2.24. The summed E-state index contributed by atoms with van der Waals surface area (Å²) in [6.07, 6.45) is 0.0804. The van der Waals surface area contributed by atoms with Gasteiger partial charge in [-0.2, -0.15) is 0 Å². The molecule has 0 bridgehead atoms. The van der Waals surface area contributed by atoms with E-state index in [-0.39, 0.29) is 12.5 Å². The Morgan fingerprint density at radius 3 is 2.64 bits per heavy atom. The first kappa shape index (κ1) is 16.2. The van der Waals surface area contributed by atoms with Crippen LogP contribution < -0.4 is 4.31 Å². The van der Waals surface area contributed by atoms with Crippen LogP contribution in [0.25, 0.3) is 11.3 Å². The van der Waals surface area contributed by atoms with E-state index in [0.29, 0.717) is 0 Å². The number of thiazole rings is 1. The molecule has 4 rings (SSSR count). The summed E-state index contributed by atoms with van der Waals surface area (Å²) in [5.41, 5.74) is 4.13. The number of carboxylic acids is 1. The van der Waals surface area contributed by atoms with Crippen LogP contribution in [-0.4, -0.2) is 16.1 Å². The Morgan fingerprint density at radius 1 is 1.20 bits per heavy atom. The highest BCUT2D eigenvalue weighted by atomic mass is 32.2. The van der Waals surface area contributed by atoms with Gasteiger partial charge >= 0.3 is 5.97 Å². The zero-order valence-corrected chi connectivity index (χ0v) is 15.2. The fraction of sp³-hybridized carbons (Fsp3) is 0.158. The minimum absolute atomic E-state index is 0.0804. The van der Waals surface area contributed by atoms with Gasteiger partial charge in [0, 0.05) is 21.5 Å². The molecule has 3 aromatic rings. The van der Waals surface area contributed by atoms with E-state index in [1.54, 1.807) is 23.3 Å². The SMILES string of the molecule is Cc1nc(-c2ccc(N3Sc4ccccc4C3CC(=O)O)cc2)cs1. The summed E-state index contributed by atoms with van der Waals surface area (Å²) < 4.78 is 2.09. The third-order valence-corrected chi connectivity index (χ3v) is 6.17. The van der Waals surface area contributed by atoms with Crippen LogP contribution in [0.5, 0.6) is 0 Å². The third kappa shape index (κ3) is 3.15. The van der Waals surface area contributed by atoms with Crippen molar-refractivity contribution in [2.75, 3.05) is 4.31 Å². The summed E-state index contributed by atoms with van der Waals surface area (Å²) in [4.78, 5) is 17.0. The molecule has 1 N–H and O–H groups in total. The quantitative estimate of drug-likeness (QED) is 0.645. The normalized spacial score (nSPS) is 16.0. The van der Waals surface area contributed by atoms with Crippen molar-refractivity contribution in [3.8, 4) is 11.3 Å². The lowest BCUT2D eigenvalue weighted by Crippen LogP contribution is -2.19. The van der Waals surface area contributed by atoms with Crippen molar-refractivity contribution in [1.82, 2.24) is 4.98 Å². The molecule has 1 aliphatic rings. The number of fused-ring (bicyclic) bond motifs is 1. The average molecular weight is 368 g/mol. The topological polar surface area (TPSA) is 53.4 Å². The van der Waals surface area contributed by atoms with Crippen LogP contribution in [0.3, 0.4) is 0 Å². The number of carbonyl (C=O) groups is 1. The van der Waals surface area contributed by atoms with Crippen molar-refractivity contribution < 1.29 is 9.90 Å². The highest BCUT2D eigenvalue weighted by molar-refractivity contribution is 8.01. The summed E-state index contributed by atoms with van der Waals surface area (Å²) in [5.74, 6) is -0.790. The van der Waals surface area contributed by atoms with Crippen molar-refractivity contribution in [2.24, 2.45) is 0 Å². The molecule has 0 amide bonds. The van der Waals surface area contributed by atoms with Crippen LogP contribution in [0.1, 0.15) is 23.0 Å². The van der Waals surface area contributed by atoms with Crippen LogP contribution in [0.2, 0.25) is 0 Å². The van der Waals surface area contributed by atoms with E-state index in [1.165, 1.54) is 0 Å². The Kier molecular flexibility index (Phi) is 4.23. The van der Waals surface area contributed by atoms with Gasteiger partial charge in [0.1, 0.15) is 0 Å². The second kappa shape index (κ2) is 6.54. The van der Waals surface area contributed by atoms with Crippen molar-refractivity contribution in [3.63, 3.8) is 0 Å². The number of rotatable bonds is 4. The number of aromatic nitrogens is 1. The number of nitrogens with zero attached hydrogens (tertiary/aromatic N) is 2. The molecule has 25 heavy (non-hydrogen) atoms. The molecule has 2 heterocycles. The van der Waals surface area contributed by atoms with E-state index in [4.69, 9.17) is 0 Å². The number of aliphatic carboxylic acids is 1. The van der Waals surface area contributed by atoms with Crippen LogP contribution in [-0.2, 0) is 4.79 Å². The molecule has 6 heteroatoms. The first-order chi connectivity index (χ1) is 12.1. The van der Waals surface area contributed by atoms with Gasteiger partial charge in [0.2, 0.25) is 0 Å². The molecule has 126 valence electrons. The molecule has 1 atom stereocenters. The van der Waals surface area contributed by atoms with Gasteiger partial charge in [-0.15, -0.1) is 11.3 Å². The fourth-order valence-corrected chi connectivity index (χ4v) is 4.83. The predicted molar refractivity (Wildman–Crippen MR) is 102 cm³/mol. The highest BCUT2D eigenvalue weighted by Gasteiger charge is 2.33. The lowest BCUT2D eigenvalue weighted by atomic mass is 10.0. The number of hydrogen-bond donors (Lipinski definition) is 1. The Balaban J connectivity index is 1.65. The van der Waals surface area contributed by atoms with E-state index in [9.17, 15) is 9.90 Å². The zero-order valence-electron chi connectivity index (χ0n) is 13.5. The number of hydrogen-bond acceptors (Lipinski definition) is 5. The Bertz CT molecular complexity index is 921.